The number of carbonyl (C=O) groups is 1. The van der Waals surface area contributed by atoms with E-state index in [2.05, 4.69) is 10.2 Å². The SMILES string of the molecule is Cc1ncc(N=O)n1CC(O)CN(C=O)CCO. The third kappa shape index (κ3) is 3.60. The number of imidazole rings is 1. The Balaban J connectivity index is 2.63. The Hall–Kier alpha value is -1.80. The third-order valence-corrected chi connectivity index (χ3v) is 2.50. The largest absolute Gasteiger partial charge is 0.395 e. The first-order valence-electron chi connectivity index (χ1n) is 5.46. The van der Waals surface area contributed by atoms with Crippen LogP contribution in [0.1, 0.15) is 5.82 Å². The lowest BCUT2D eigenvalue weighted by atomic mass is 10.3. The molecular formula is C10H16N4O4. The van der Waals surface area contributed by atoms with Crippen LogP contribution in [0, 0.1) is 11.8 Å². The molecule has 100 valence electrons. The molecule has 0 saturated heterocycles. The molecule has 0 fully saturated rings. The number of aliphatic hydroxyl groups is 2. The van der Waals surface area contributed by atoms with E-state index in [4.69, 9.17) is 5.11 Å². The molecule has 0 saturated carbocycles. The zero-order valence-corrected chi connectivity index (χ0v) is 10.1. The minimum Gasteiger partial charge on any atom is -0.395 e. The molecular weight excluding hydrogens is 240 g/mol. The lowest BCUT2D eigenvalue weighted by Gasteiger charge is -2.20. The monoisotopic (exact) mass is 256 g/mol. The van der Waals surface area contributed by atoms with Gasteiger partial charge in [-0.2, -0.15) is 0 Å². The summed E-state index contributed by atoms with van der Waals surface area (Å²) in [7, 11) is 0. The number of amides is 1. The Kier molecular flexibility index (Phi) is 5.40. The maximum Gasteiger partial charge on any atom is 0.209 e. The molecule has 1 amide bonds. The zero-order chi connectivity index (χ0) is 13.5. The lowest BCUT2D eigenvalue weighted by Crippen LogP contribution is -2.35. The number of nitrogens with zero attached hydrogens (tertiary/aromatic N) is 4. The van der Waals surface area contributed by atoms with Gasteiger partial charge >= 0.3 is 0 Å². The Morgan fingerprint density at radius 3 is 2.94 bits per heavy atom. The number of carbonyl (C=O) groups excluding carboxylic acids is 1. The number of aryl methyl sites for hydroxylation is 1. The van der Waals surface area contributed by atoms with Crippen molar-refractivity contribution in [3.8, 4) is 0 Å². The number of aromatic nitrogens is 2. The first-order valence-corrected chi connectivity index (χ1v) is 5.46. The van der Waals surface area contributed by atoms with E-state index in [1.54, 1.807) is 6.92 Å². The van der Waals surface area contributed by atoms with Crippen molar-refractivity contribution in [2.24, 2.45) is 5.18 Å². The molecule has 0 aliphatic heterocycles. The first-order chi connectivity index (χ1) is 8.62. The van der Waals surface area contributed by atoms with Crippen LogP contribution in [0.15, 0.2) is 11.4 Å². The molecule has 1 unspecified atom stereocenters. The normalized spacial score (nSPS) is 12.2. The first kappa shape index (κ1) is 14.3. The molecule has 1 atom stereocenters. The molecule has 0 aliphatic carbocycles. The van der Waals surface area contributed by atoms with Crippen molar-refractivity contribution >= 4 is 12.2 Å². The molecule has 0 aliphatic rings. The fourth-order valence-electron chi connectivity index (χ4n) is 1.61. The number of nitroso groups, excluding NO2 is 1. The molecule has 1 rings (SSSR count). The highest BCUT2D eigenvalue weighted by atomic mass is 16.3. The van der Waals surface area contributed by atoms with Crippen molar-refractivity contribution < 1.29 is 15.0 Å². The predicted octanol–water partition coefficient (Wildman–Crippen LogP) is -0.599. The van der Waals surface area contributed by atoms with Gasteiger partial charge in [0, 0.05) is 13.1 Å². The van der Waals surface area contributed by atoms with Gasteiger partial charge in [0.05, 0.1) is 25.5 Å². The van der Waals surface area contributed by atoms with Gasteiger partial charge in [-0.15, -0.1) is 4.91 Å². The number of hydrogen-bond acceptors (Lipinski definition) is 6. The van der Waals surface area contributed by atoms with E-state index in [1.807, 2.05) is 0 Å². The minimum atomic E-state index is -0.866. The highest BCUT2D eigenvalue weighted by Gasteiger charge is 2.14. The summed E-state index contributed by atoms with van der Waals surface area (Å²) in [6.45, 7) is 1.86. The predicted molar refractivity (Wildman–Crippen MR) is 63.1 cm³/mol. The van der Waals surface area contributed by atoms with E-state index in [0.29, 0.717) is 12.2 Å². The zero-order valence-electron chi connectivity index (χ0n) is 10.1. The summed E-state index contributed by atoms with van der Waals surface area (Å²) in [6.07, 6.45) is 1.01. The van der Waals surface area contributed by atoms with Crippen LogP contribution in [0.4, 0.5) is 5.82 Å². The second kappa shape index (κ2) is 6.82. The fraction of sp³-hybridized carbons (Fsp3) is 0.600. The number of hydrogen-bond donors (Lipinski definition) is 2. The van der Waals surface area contributed by atoms with Gasteiger partial charge in [-0.3, -0.25) is 4.79 Å². The number of aliphatic hydroxyl groups excluding tert-OH is 2. The van der Waals surface area contributed by atoms with Crippen LogP contribution in [0.3, 0.4) is 0 Å². The molecule has 0 radical (unpaired) electrons. The summed E-state index contributed by atoms with van der Waals surface area (Å²) in [5, 5.41) is 21.3. The van der Waals surface area contributed by atoms with Gasteiger partial charge in [0.15, 0.2) is 5.82 Å². The molecule has 2 N–H and O–H groups in total. The van der Waals surface area contributed by atoms with Gasteiger partial charge in [0.2, 0.25) is 6.41 Å². The van der Waals surface area contributed by atoms with Crippen LogP contribution >= 0.6 is 0 Å². The van der Waals surface area contributed by atoms with E-state index in [0.717, 1.165) is 0 Å². The van der Waals surface area contributed by atoms with Crippen molar-refractivity contribution in [1.82, 2.24) is 14.5 Å². The van der Waals surface area contributed by atoms with Crippen LogP contribution in [-0.2, 0) is 11.3 Å². The Morgan fingerprint density at radius 2 is 2.39 bits per heavy atom. The lowest BCUT2D eigenvalue weighted by molar-refractivity contribution is -0.120. The van der Waals surface area contributed by atoms with Crippen molar-refractivity contribution in [2.75, 3.05) is 19.7 Å². The van der Waals surface area contributed by atoms with Gasteiger partial charge in [0.25, 0.3) is 0 Å². The summed E-state index contributed by atoms with van der Waals surface area (Å²) >= 11 is 0. The highest BCUT2D eigenvalue weighted by molar-refractivity contribution is 5.46. The van der Waals surface area contributed by atoms with E-state index in [9.17, 15) is 14.8 Å². The molecule has 0 aromatic carbocycles. The van der Waals surface area contributed by atoms with E-state index < -0.39 is 6.10 Å². The molecule has 18 heavy (non-hydrogen) atoms. The average Bonchev–Trinajstić information content (AvgIpc) is 2.70. The second-order valence-corrected chi connectivity index (χ2v) is 3.84. The highest BCUT2D eigenvalue weighted by Crippen LogP contribution is 2.14. The molecule has 0 bridgehead atoms. The standard InChI is InChI=1S/C10H16N4O4/c1-8-11-4-10(12-18)14(8)6-9(17)5-13(7-16)2-3-15/h4,7,9,15,17H,2-3,5-6H2,1H3. The maximum atomic E-state index is 10.6. The molecule has 1 aromatic rings. The Labute approximate surface area is 104 Å². The van der Waals surface area contributed by atoms with Crippen molar-refractivity contribution in [3.63, 3.8) is 0 Å². The Morgan fingerprint density at radius 1 is 1.67 bits per heavy atom. The number of rotatable bonds is 8. The molecule has 1 heterocycles. The van der Waals surface area contributed by atoms with Gasteiger partial charge in [0.1, 0.15) is 5.82 Å². The van der Waals surface area contributed by atoms with Crippen molar-refractivity contribution in [2.45, 2.75) is 19.6 Å². The van der Waals surface area contributed by atoms with Crippen molar-refractivity contribution in [1.29, 1.82) is 0 Å². The van der Waals surface area contributed by atoms with Crippen LogP contribution in [0.5, 0.6) is 0 Å². The van der Waals surface area contributed by atoms with Gasteiger partial charge in [-0.25, -0.2) is 4.98 Å². The van der Waals surface area contributed by atoms with Crippen LogP contribution in [-0.4, -0.2) is 56.9 Å². The summed E-state index contributed by atoms with van der Waals surface area (Å²) in [4.78, 5) is 26.3. The minimum absolute atomic E-state index is 0.0694. The molecule has 0 spiro atoms. The van der Waals surface area contributed by atoms with Crippen LogP contribution in [0.25, 0.3) is 0 Å². The summed E-state index contributed by atoms with van der Waals surface area (Å²) < 4.78 is 1.47. The van der Waals surface area contributed by atoms with Gasteiger partial charge in [-0.05, 0) is 12.1 Å². The van der Waals surface area contributed by atoms with Gasteiger partial charge < -0.3 is 19.7 Å². The Bertz CT molecular complexity index is 407. The van der Waals surface area contributed by atoms with E-state index in [1.165, 1.54) is 15.7 Å². The van der Waals surface area contributed by atoms with Crippen LogP contribution in [0.2, 0.25) is 0 Å². The summed E-state index contributed by atoms with van der Waals surface area (Å²) in [5.74, 6) is 0.690. The summed E-state index contributed by atoms with van der Waals surface area (Å²) in [5.41, 5.74) is 0. The fourth-order valence-corrected chi connectivity index (χ4v) is 1.61. The van der Waals surface area contributed by atoms with Crippen LogP contribution < -0.4 is 0 Å². The molecule has 8 nitrogen and oxygen atoms in total. The topological polar surface area (TPSA) is 108 Å². The maximum absolute atomic E-state index is 10.6. The quantitative estimate of drug-likeness (QED) is 0.477. The smallest absolute Gasteiger partial charge is 0.209 e. The second-order valence-electron chi connectivity index (χ2n) is 3.84. The molecule has 1 aromatic heterocycles. The third-order valence-electron chi connectivity index (χ3n) is 2.50. The molecule has 8 heteroatoms. The summed E-state index contributed by atoms with van der Waals surface area (Å²) in [6, 6.07) is 0. The van der Waals surface area contributed by atoms with E-state index >= 15 is 0 Å². The van der Waals surface area contributed by atoms with Crippen molar-refractivity contribution in [3.05, 3.63) is 16.9 Å². The van der Waals surface area contributed by atoms with E-state index in [-0.39, 0.29) is 32.1 Å². The average molecular weight is 256 g/mol. The van der Waals surface area contributed by atoms with Gasteiger partial charge in [-0.1, -0.05) is 0 Å².